The normalized spacial score (nSPS) is 20.5. The van der Waals surface area contributed by atoms with Gasteiger partial charge in [-0.1, -0.05) is 18.1 Å². The first-order valence-electron chi connectivity index (χ1n) is 21.1. The SMILES string of the molecule is Cc1cc(-n2nc3c(c2-n2ccn(-c4ccc(P(C)(C)=O)cc4)c2=O)C(C)N(C(=O)c2cc4cc(C5CCOCC5)ccc4n2C2(c4noc(=O)[nH]4)CC2C)CC3)cc(C)c1F. The van der Waals surface area contributed by atoms with Crippen LogP contribution in [0.2, 0.25) is 0 Å². The summed E-state index contributed by atoms with van der Waals surface area (Å²) < 4.78 is 45.3. The predicted molar refractivity (Wildman–Crippen MR) is 233 cm³/mol. The molecule has 1 saturated heterocycles. The molecule has 1 saturated carbocycles. The Morgan fingerprint density at radius 2 is 1.63 bits per heavy atom. The first-order chi connectivity index (χ1) is 29.6. The second-order valence-corrected chi connectivity index (χ2v) is 20.9. The zero-order chi connectivity index (χ0) is 43.4. The summed E-state index contributed by atoms with van der Waals surface area (Å²) in [4.78, 5) is 47.0. The van der Waals surface area contributed by atoms with Crippen LogP contribution in [0.1, 0.15) is 89.3 Å². The van der Waals surface area contributed by atoms with E-state index in [1.165, 1.54) is 14.7 Å². The van der Waals surface area contributed by atoms with E-state index < -0.39 is 24.5 Å². The van der Waals surface area contributed by atoms with Crippen molar-refractivity contribution >= 4 is 29.3 Å². The number of carbonyl (C=O) groups is 1. The molecule has 6 heterocycles. The molecule has 4 aromatic heterocycles. The van der Waals surface area contributed by atoms with Gasteiger partial charge in [-0.2, -0.15) is 5.10 Å². The summed E-state index contributed by atoms with van der Waals surface area (Å²) in [5.74, 6) is -0.0285. The van der Waals surface area contributed by atoms with Gasteiger partial charge in [-0.05, 0) is 136 Å². The Hall–Kier alpha value is -6.05. The van der Waals surface area contributed by atoms with Gasteiger partial charge >= 0.3 is 11.4 Å². The molecule has 2 aliphatic heterocycles. The minimum atomic E-state index is -2.52. The summed E-state index contributed by atoms with van der Waals surface area (Å²) in [5.41, 5.74) is 4.73. The molecular weight excluding hydrogens is 811 g/mol. The molecule has 14 nitrogen and oxygen atoms in total. The predicted octanol–water partition coefficient (Wildman–Crippen LogP) is 6.89. The zero-order valence-electron chi connectivity index (χ0n) is 35.5. The van der Waals surface area contributed by atoms with E-state index in [1.54, 1.807) is 80.7 Å². The molecule has 16 heteroatoms. The maximum atomic E-state index is 15.4. The summed E-state index contributed by atoms with van der Waals surface area (Å²) in [5, 5.41) is 10.9. The van der Waals surface area contributed by atoms with Gasteiger partial charge in [0, 0.05) is 60.3 Å². The van der Waals surface area contributed by atoms with Crippen molar-refractivity contribution in [2.24, 2.45) is 5.92 Å². The fourth-order valence-electron chi connectivity index (χ4n) is 9.92. The molecule has 3 aliphatic rings. The number of halogens is 1. The molecule has 1 aliphatic carbocycles. The molecule has 3 aromatic carbocycles. The number of hydrogen-bond acceptors (Lipinski definition) is 8. The first-order valence-corrected chi connectivity index (χ1v) is 23.7. The van der Waals surface area contributed by atoms with Gasteiger partial charge < -0.3 is 18.8 Å². The van der Waals surface area contributed by atoms with Crippen LogP contribution in [-0.4, -0.2) is 77.5 Å². The van der Waals surface area contributed by atoms with Gasteiger partial charge in [0.15, 0.2) is 5.82 Å². The number of H-pyrrole nitrogens is 1. The highest BCUT2D eigenvalue weighted by Gasteiger charge is 2.59. The van der Waals surface area contributed by atoms with Crippen molar-refractivity contribution < 1.29 is 23.0 Å². The third-order valence-corrected chi connectivity index (χ3v) is 14.9. The average Bonchev–Trinajstić information content (AvgIpc) is 3.75. The van der Waals surface area contributed by atoms with Crippen molar-refractivity contribution in [3.63, 3.8) is 0 Å². The van der Waals surface area contributed by atoms with Crippen LogP contribution in [0.3, 0.4) is 0 Å². The van der Waals surface area contributed by atoms with Crippen molar-refractivity contribution in [3.05, 3.63) is 139 Å². The monoisotopic (exact) mass is 858 g/mol. The molecule has 3 unspecified atom stereocenters. The van der Waals surface area contributed by atoms with Crippen molar-refractivity contribution in [1.29, 1.82) is 0 Å². The lowest BCUT2D eigenvalue weighted by molar-refractivity contribution is 0.0663. The lowest BCUT2D eigenvalue weighted by atomic mass is 9.91. The molecule has 2 fully saturated rings. The van der Waals surface area contributed by atoms with Crippen LogP contribution in [0.25, 0.3) is 28.1 Å². The number of carbonyl (C=O) groups excluding carboxylic acids is 1. The van der Waals surface area contributed by atoms with Crippen LogP contribution in [0.5, 0.6) is 0 Å². The Labute approximate surface area is 356 Å². The summed E-state index contributed by atoms with van der Waals surface area (Å²) >= 11 is 0. The molecule has 0 spiro atoms. The number of imidazole rings is 1. The third kappa shape index (κ3) is 6.30. The van der Waals surface area contributed by atoms with E-state index in [9.17, 15) is 14.2 Å². The Balaban J connectivity index is 1.11. The Morgan fingerprint density at radius 1 is 0.935 bits per heavy atom. The van der Waals surface area contributed by atoms with Crippen LogP contribution in [0.4, 0.5) is 4.39 Å². The number of nitrogens with zero attached hydrogens (tertiary/aromatic N) is 7. The van der Waals surface area contributed by atoms with Gasteiger partial charge in [0.2, 0.25) is 0 Å². The number of benzene rings is 3. The standard InChI is InChI=1S/C46H48FN8O6P/c1-26-21-34(22-27(2)40(26)47)55-41(53-18-17-52(45(53)58)33-8-10-35(11-9-33)62(5,6)59)39-29(4)51(16-13-36(39)49-55)42(56)38-24-32-23-31(30-14-19-60-20-15-30)7-12-37(32)54(38)46(25-28(46)3)43-48-44(57)61-50-43/h7-12,17-18,21-24,28-30H,13-16,19-20,25H2,1-6H3,(H,48,50,57). The molecule has 1 amide bonds. The van der Waals surface area contributed by atoms with Crippen molar-refractivity contribution in [3.8, 4) is 17.2 Å². The van der Waals surface area contributed by atoms with Gasteiger partial charge in [0.1, 0.15) is 30.0 Å². The highest BCUT2D eigenvalue weighted by atomic mass is 31.2. The molecule has 62 heavy (non-hydrogen) atoms. The quantitative estimate of drug-likeness (QED) is 0.162. The van der Waals surface area contributed by atoms with E-state index >= 15 is 9.18 Å². The lowest BCUT2D eigenvalue weighted by Gasteiger charge is -2.34. The number of aryl methyl sites for hydroxylation is 2. The Kier molecular flexibility index (Phi) is 9.38. The van der Waals surface area contributed by atoms with Crippen LogP contribution in [-0.2, 0) is 21.3 Å². The minimum absolute atomic E-state index is 0.0268. The number of fused-ring (bicyclic) bond motifs is 2. The molecular formula is C46H48FN8O6P. The molecule has 0 radical (unpaired) electrons. The van der Waals surface area contributed by atoms with Gasteiger partial charge in [-0.25, -0.2) is 18.7 Å². The fourth-order valence-corrected chi connectivity index (χ4v) is 10.8. The second kappa shape index (κ2) is 14.5. The molecule has 0 bridgehead atoms. The van der Waals surface area contributed by atoms with E-state index in [4.69, 9.17) is 14.4 Å². The molecule has 1 N–H and O–H groups in total. The van der Waals surface area contributed by atoms with E-state index in [0.29, 0.717) is 89.2 Å². The number of hydrogen-bond donors (Lipinski definition) is 1. The summed E-state index contributed by atoms with van der Waals surface area (Å²) in [6, 6.07) is 18.3. The highest BCUT2D eigenvalue weighted by Crippen LogP contribution is 2.56. The largest absolute Gasteiger partial charge is 0.438 e. The first kappa shape index (κ1) is 40.0. The smallest absolute Gasteiger partial charge is 0.381 e. The Morgan fingerprint density at radius 3 is 2.27 bits per heavy atom. The summed E-state index contributed by atoms with van der Waals surface area (Å²) in [6.07, 6.45) is 6.21. The number of aromatic nitrogens is 7. The molecule has 7 aromatic rings. The van der Waals surface area contributed by atoms with E-state index in [2.05, 4.69) is 35.3 Å². The van der Waals surface area contributed by atoms with E-state index in [-0.39, 0.29) is 23.3 Å². The summed E-state index contributed by atoms with van der Waals surface area (Å²) in [6.45, 7) is 12.6. The number of nitrogens with one attached hydrogen (secondary N) is 1. The molecule has 10 rings (SSSR count). The van der Waals surface area contributed by atoms with E-state index in [1.807, 2.05) is 22.5 Å². The number of amides is 1. The van der Waals surface area contributed by atoms with Crippen LogP contribution in [0, 0.1) is 25.6 Å². The van der Waals surface area contributed by atoms with Crippen molar-refractivity contribution in [2.75, 3.05) is 33.1 Å². The molecule has 3 atom stereocenters. The highest BCUT2D eigenvalue weighted by molar-refractivity contribution is 7.70. The molecule has 320 valence electrons. The number of aromatic amines is 1. The maximum Gasteiger partial charge on any atom is 0.438 e. The summed E-state index contributed by atoms with van der Waals surface area (Å²) in [7, 11) is -2.52. The third-order valence-electron chi connectivity index (χ3n) is 13.4. The van der Waals surface area contributed by atoms with Crippen LogP contribution >= 0.6 is 7.14 Å². The van der Waals surface area contributed by atoms with Crippen molar-refractivity contribution in [2.45, 2.75) is 70.9 Å². The fraction of sp³-hybridized carbons (Fsp3) is 0.370. The Bertz CT molecular complexity index is 3080. The van der Waals surface area contributed by atoms with Crippen molar-refractivity contribution in [1.82, 2.24) is 38.5 Å². The van der Waals surface area contributed by atoms with Crippen LogP contribution in [0.15, 0.2) is 87.2 Å². The van der Waals surface area contributed by atoms with Gasteiger partial charge in [0.25, 0.3) is 5.91 Å². The van der Waals surface area contributed by atoms with Gasteiger partial charge in [-0.15, -0.1) is 0 Å². The van der Waals surface area contributed by atoms with Crippen LogP contribution < -0.4 is 16.8 Å². The number of ether oxygens (including phenoxy) is 1. The average molecular weight is 859 g/mol. The second-order valence-electron chi connectivity index (χ2n) is 17.6. The minimum Gasteiger partial charge on any atom is -0.381 e. The maximum absolute atomic E-state index is 15.4. The van der Waals surface area contributed by atoms with E-state index in [0.717, 1.165) is 29.4 Å². The number of rotatable bonds is 8. The topological polar surface area (TPSA) is 155 Å². The lowest BCUT2D eigenvalue weighted by Crippen LogP contribution is -2.41. The van der Waals surface area contributed by atoms with Gasteiger partial charge in [-0.3, -0.25) is 23.4 Å². The van der Waals surface area contributed by atoms with Gasteiger partial charge in [0.05, 0.1) is 23.1 Å². The zero-order valence-corrected chi connectivity index (χ0v) is 36.4.